The molecule has 8 heteroatoms. The van der Waals surface area contributed by atoms with Gasteiger partial charge in [0.2, 0.25) is 0 Å². The molecule has 0 aliphatic carbocycles. The highest BCUT2D eigenvalue weighted by Crippen LogP contribution is 2.36. The van der Waals surface area contributed by atoms with E-state index in [4.69, 9.17) is 14.2 Å². The minimum atomic E-state index is 0. The summed E-state index contributed by atoms with van der Waals surface area (Å²) in [6.07, 6.45) is 1.72. The second-order valence-electron chi connectivity index (χ2n) is 5.34. The fourth-order valence-electron chi connectivity index (χ4n) is 2.45. The molecule has 25 heavy (non-hydrogen) atoms. The second kappa shape index (κ2) is 13.7. The summed E-state index contributed by atoms with van der Waals surface area (Å²) in [6, 6.07) is 4.06. The molecule has 1 N–H and O–H groups in total. The van der Waals surface area contributed by atoms with Gasteiger partial charge in [-0.1, -0.05) is 12.7 Å². The van der Waals surface area contributed by atoms with Gasteiger partial charge in [0.05, 0.1) is 24.8 Å². The summed E-state index contributed by atoms with van der Waals surface area (Å²) < 4.78 is 17.3. The predicted molar refractivity (Wildman–Crippen MR) is 95.4 cm³/mol. The van der Waals surface area contributed by atoms with Gasteiger partial charge in [0, 0.05) is 32.7 Å². The van der Waals surface area contributed by atoms with Crippen LogP contribution in [0.1, 0.15) is 5.56 Å². The van der Waals surface area contributed by atoms with Crippen LogP contribution >= 0.6 is 15.9 Å². The lowest BCUT2D eigenvalue weighted by molar-refractivity contribution is -0.00100. The number of hydrogen-bond donors (Lipinski definition) is 1. The molecule has 0 radical (unpaired) electrons. The second-order valence-corrected chi connectivity index (χ2v) is 6.19. The van der Waals surface area contributed by atoms with Gasteiger partial charge in [-0.15, -0.1) is 0 Å². The summed E-state index contributed by atoms with van der Waals surface area (Å²) in [5.41, 5.74) is 1.15. The van der Waals surface area contributed by atoms with Crippen molar-refractivity contribution in [2.45, 2.75) is 6.54 Å². The number of benzene rings is 1. The van der Waals surface area contributed by atoms with Crippen molar-refractivity contribution in [2.24, 2.45) is 0 Å². The molecule has 0 spiro atoms. The van der Waals surface area contributed by atoms with Gasteiger partial charge in [-0.2, -0.15) is 0 Å². The zero-order valence-electron chi connectivity index (χ0n) is 14.4. The van der Waals surface area contributed by atoms with E-state index >= 15 is 0 Å². The Hall–Kier alpha value is -0.500. The number of rotatable bonds is 9. The summed E-state index contributed by atoms with van der Waals surface area (Å²) in [6.45, 7) is 10.6. The van der Waals surface area contributed by atoms with Crippen molar-refractivity contribution < 1.29 is 39.0 Å². The fraction of sp³-hybridized carbons (Fsp3) is 0.529. The van der Waals surface area contributed by atoms with E-state index in [0.29, 0.717) is 12.4 Å². The smallest absolute Gasteiger partial charge is 0.175 e. The topological polar surface area (TPSA) is 43.0 Å². The van der Waals surface area contributed by atoms with Crippen molar-refractivity contribution >= 4 is 15.9 Å². The zero-order valence-corrected chi connectivity index (χ0v) is 17.5. The maximum Gasteiger partial charge on any atom is 0.175 e. The van der Waals surface area contributed by atoms with Crippen LogP contribution in [0.4, 0.5) is 0 Å². The van der Waals surface area contributed by atoms with Gasteiger partial charge in [-0.3, -0.25) is 4.90 Å². The minimum Gasteiger partial charge on any atom is -1.00 e. The molecule has 5 nitrogen and oxygen atoms in total. The predicted octanol–water partition coefficient (Wildman–Crippen LogP) is -3.55. The largest absolute Gasteiger partial charge is 1.00 e. The number of halogens is 3. The van der Waals surface area contributed by atoms with Crippen LogP contribution in [0.25, 0.3) is 0 Å². The average molecular weight is 456 g/mol. The average Bonchev–Trinajstić information content (AvgIpc) is 2.58. The molecular weight excluding hydrogens is 431 g/mol. The molecule has 1 aliphatic rings. The van der Waals surface area contributed by atoms with Crippen molar-refractivity contribution in [3.05, 3.63) is 34.8 Å². The highest BCUT2D eigenvalue weighted by Gasteiger charge is 2.12. The van der Waals surface area contributed by atoms with Crippen LogP contribution in [-0.4, -0.2) is 58.0 Å². The van der Waals surface area contributed by atoms with Gasteiger partial charge in [-0.25, -0.2) is 0 Å². The van der Waals surface area contributed by atoms with Gasteiger partial charge in [0.15, 0.2) is 11.5 Å². The molecule has 1 aromatic rings. The van der Waals surface area contributed by atoms with Gasteiger partial charge in [0.1, 0.15) is 6.61 Å². The Labute approximate surface area is 171 Å². The third-order valence-corrected chi connectivity index (χ3v) is 4.26. The molecule has 1 aliphatic heterocycles. The Morgan fingerprint density at radius 2 is 2.04 bits per heavy atom. The van der Waals surface area contributed by atoms with Crippen LogP contribution in [0.5, 0.6) is 11.5 Å². The van der Waals surface area contributed by atoms with Crippen molar-refractivity contribution in [3.63, 3.8) is 0 Å². The summed E-state index contributed by atoms with van der Waals surface area (Å²) in [5, 5.41) is 3.47. The van der Waals surface area contributed by atoms with Crippen molar-refractivity contribution in [1.82, 2.24) is 10.2 Å². The van der Waals surface area contributed by atoms with Crippen LogP contribution < -0.4 is 39.6 Å². The van der Waals surface area contributed by atoms with Crippen molar-refractivity contribution in [1.29, 1.82) is 0 Å². The molecule has 1 saturated heterocycles. The molecule has 0 bridgehead atoms. The van der Waals surface area contributed by atoms with Crippen LogP contribution in [0.3, 0.4) is 0 Å². The first kappa shape index (κ1) is 24.5. The first-order chi connectivity index (χ1) is 11.2. The summed E-state index contributed by atoms with van der Waals surface area (Å²) in [4.78, 5) is 2.42. The number of methoxy groups -OCH3 is 1. The van der Waals surface area contributed by atoms with Crippen LogP contribution in [0.2, 0.25) is 0 Å². The Morgan fingerprint density at radius 1 is 1.32 bits per heavy atom. The summed E-state index contributed by atoms with van der Waals surface area (Å²) in [5.74, 6) is 1.44. The Bertz CT molecular complexity index is 515. The molecule has 0 saturated carbocycles. The molecular formula is C17H25BrCl2N2O3-2. The first-order valence-electron chi connectivity index (χ1n) is 7.85. The van der Waals surface area contributed by atoms with E-state index in [0.717, 1.165) is 61.7 Å². The van der Waals surface area contributed by atoms with Gasteiger partial charge >= 0.3 is 0 Å². The lowest BCUT2D eigenvalue weighted by Crippen LogP contribution is -3.00. The SMILES string of the molecule is C=CCOc1c(Br)cc(CNCCN2CCOCC2)cc1OC.[Cl-].[Cl-]. The standard InChI is InChI=1S/C17H25BrN2O3.2ClH/c1-3-8-23-17-15(18)11-14(12-16(17)21-2)13-19-4-5-20-6-9-22-10-7-20;;/h3,11-12,19H,1,4-10,13H2,2H3;2*1H/p-2. The van der Waals surface area contributed by atoms with Crippen LogP contribution in [0, 0.1) is 0 Å². The van der Waals surface area contributed by atoms with Crippen LogP contribution in [0.15, 0.2) is 29.3 Å². The van der Waals surface area contributed by atoms with E-state index in [-0.39, 0.29) is 24.8 Å². The molecule has 1 aromatic carbocycles. The van der Waals surface area contributed by atoms with Crippen molar-refractivity contribution in [2.75, 3.05) is 53.1 Å². The quantitative estimate of drug-likeness (QED) is 0.308. The third kappa shape index (κ3) is 8.15. The monoisotopic (exact) mass is 454 g/mol. The number of nitrogens with one attached hydrogen (secondary N) is 1. The lowest BCUT2D eigenvalue weighted by Gasteiger charge is -2.26. The number of ether oxygens (including phenoxy) is 3. The molecule has 0 amide bonds. The van der Waals surface area contributed by atoms with E-state index in [1.807, 2.05) is 6.07 Å². The molecule has 0 unspecified atom stereocenters. The highest BCUT2D eigenvalue weighted by atomic mass is 79.9. The van der Waals surface area contributed by atoms with E-state index in [1.54, 1.807) is 13.2 Å². The zero-order chi connectivity index (χ0) is 16.5. The van der Waals surface area contributed by atoms with Gasteiger partial charge in [-0.05, 0) is 33.6 Å². The Kier molecular flexibility index (Phi) is 13.4. The normalized spacial score (nSPS) is 14.2. The molecule has 144 valence electrons. The summed E-state index contributed by atoms with van der Waals surface area (Å²) >= 11 is 3.55. The molecule has 1 heterocycles. The maximum atomic E-state index is 5.64. The molecule has 0 atom stereocenters. The number of hydrogen-bond acceptors (Lipinski definition) is 5. The molecule has 2 rings (SSSR count). The summed E-state index contributed by atoms with van der Waals surface area (Å²) in [7, 11) is 1.65. The van der Waals surface area contributed by atoms with Crippen molar-refractivity contribution in [3.8, 4) is 11.5 Å². The minimum absolute atomic E-state index is 0. The number of morpholine rings is 1. The van der Waals surface area contributed by atoms with Crippen LogP contribution in [-0.2, 0) is 11.3 Å². The first-order valence-corrected chi connectivity index (χ1v) is 8.65. The third-order valence-electron chi connectivity index (χ3n) is 3.67. The van der Waals surface area contributed by atoms with E-state index in [9.17, 15) is 0 Å². The van der Waals surface area contributed by atoms with E-state index in [2.05, 4.69) is 38.8 Å². The van der Waals surface area contributed by atoms with Gasteiger partial charge < -0.3 is 44.3 Å². The Balaban J connectivity index is 0.00000288. The molecule has 0 aromatic heterocycles. The fourth-order valence-corrected chi connectivity index (χ4v) is 3.06. The lowest BCUT2D eigenvalue weighted by atomic mass is 10.2. The van der Waals surface area contributed by atoms with E-state index < -0.39 is 0 Å². The van der Waals surface area contributed by atoms with E-state index in [1.165, 1.54) is 0 Å². The van der Waals surface area contributed by atoms with Gasteiger partial charge in [0.25, 0.3) is 0 Å². The Morgan fingerprint density at radius 3 is 2.68 bits per heavy atom. The molecule has 1 fully saturated rings. The number of nitrogens with zero attached hydrogens (tertiary/aromatic N) is 1. The highest BCUT2D eigenvalue weighted by molar-refractivity contribution is 9.10. The maximum absolute atomic E-state index is 5.64.